The molecule has 0 amide bonds. The molecule has 1 aromatic carbocycles. The van der Waals surface area contributed by atoms with Gasteiger partial charge in [-0.3, -0.25) is 0 Å². The van der Waals surface area contributed by atoms with Gasteiger partial charge < -0.3 is 0 Å². The zero-order valence-corrected chi connectivity index (χ0v) is 11.2. The average Bonchev–Trinajstić information content (AvgIpc) is 2.31. The Labute approximate surface area is 107 Å². The molecule has 0 aliphatic heterocycles. The molecule has 18 heavy (non-hydrogen) atoms. The minimum atomic E-state index is -3.78. The molecule has 0 aliphatic rings. The molecule has 1 N–H and O–H groups in total. The Kier molecular flexibility index (Phi) is 4.88. The van der Waals surface area contributed by atoms with Crippen molar-refractivity contribution in [3.8, 4) is 12.3 Å². The Morgan fingerprint density at radius 3 is 2.72 bits per heavy atom. The molecule has 1 rings (SSSR count). The Hall–Kier alpha value is -1.38. The molecule has 1 atom stereocenters. The number of halogens is 1. The molecule has 0 saturated carbocycles. The van der Waals surface area contributed by atoms with Crippen LogP contribution in [0.1, 0.15) is 25.3 Å². The second kappa shape index (κ2) is 5.98. The lowest BCUT2D eigenvalue weighted by Crippen LogP contribution is -2.34. The van der Waals surface area contributed by atoms with E-state index in [1.807, 2.05) is 6.92 Å². The SMILES string of the molecule is C#CC(CCC)NS(=O)(=O)c1cc(F)ccc1C. The normalized spacial score (nSPS) is 13.0. The summed E-state index contributed by atoms with van der Waals surface area (Å²) in [5.74, 6) is 1.79. The predicted octanol–water partition coefficient (Wildman–Crippen LogP) is 2.21. The van der Waals surface area contributed by atoms with Crippen LogP contribution in [0.3, 0.4) is 0 Å². The van der Waals surface area contributed by atoms with E-state index in [0.29, 0.717) is 12.0 Å². The summed E-state index contributed by atoms with van der Waals surface area (Å²) in [5, 5.41) is 0. The van der Waals surface area contributed by atoms with E-state index in [4.69, 9.17) is 6.42 Å². The van der Waals surface area contributed by atoms with Crippen molar-refractivity contribution in [3.05, 3.63) is 29.6 Å². The van der Waals surface area contributed by atoms with Gasteiger partial charge in [0.15, 0.2) is 0 Å². The molecule has 98 valence electrons. The third-order valence-corrected chi connectivity index (χ3v) is 4.13. The Morgan fingerprint density at radius 2 is 2.17 bits per heavy atom. The molecule has 3 nitrogen and oxygen atoms in total. The number of nitrogens with one attached hydrogen (secondary N) is 1. The zero-order chi connectivity index (χ0) is 13.8. The first kappa shape index (κ1) is 14.7. The molecule has 1 unspecified atom stereocenters. The monoisotopic (exact) mass is 269 g/mol. The standard InChI is InChI=1S/C13H16FNO2S/c1-4-6-12(5-2)15-18(16,17)13-9-11(14)8-7-10(13)3/h2,7-9,12,15H,4,6H2,1,3H3. The van der Waals surface area contributed by atoms with Gasteiger partial charge in [0.25, 0.3) is 0 Å². The van der Waals surface area contributed by atoms with Crippen molar-refractivity contribution >= 4 is 10.0 Å². The number of terminal acetylenes is 1. The van der Waals surface area contributed by atoms with Crippen molar-refractivity contribution < 1.29 is 12.8 Å². The highest BCUT2D eigenvalue weighted by Gasteiger charge is 2.20. The van der Waals surface area contributed by atoms with E-state index < -0.39 is 21.9 Å². The Balaban J connectivity index is 3.07. The number of benzene rings is 1. The van der Waals surface area contributed by atoms with Gasteiger partial charge in [-0.15, -0.1) is 6.42 Å². The molecule has 0 heterocycles. The minimum Gasteiger partial charge on any atom is -0.207 e. The van der Waals surface area contributed by atoms with E-state index in [9.17, 15) is 12.8 Å². The Bertz CT molecular complexity index is 561. The summed E-state index contributed by atoms with van der Waals surface area (Å²) in [6.45, 7) is 3.52. The molecule has 0 radical (unpaired) electrons. The highest BCUT2D eigenvalue weighted by molar-refractivity contribution is 7.89. The van der Waals surface area contributed by atoms with Gasteiger partial charge in [-0.05, 0) is 31.0 Å². The van der Waals surface area contributed by atoms with E-state index in [0.717, 1.165) is 12.5 Å². The fourth-order valence-electron chi connectivity index (χ4n) is 1.58. The number of sulfonamides is 1. The van der Waals surface area contributed by atoms with Crippen molar-refractivity contribution in [1.29, 1.82) is 0 Å². The van der Waals surface area contributed by atoms with Gasteiger partial charge in [-0.1, -0.05) is 25.3 Å². The summed E-state index contributed by atoms with van der Waals surface area (Å²) < 4.78 is 39.7. The average molecular weight is 269 g/mol. The third kappa shape index (κ3) is 3.56. The van der Waals surface area contributed by atoms with Crippen LogP contribution in [-0.4, -0.2) is 14.5 Å². The van der Waals surface area contributed by atoms with Crippen LogP contribution in [0.15, 0.2) is 23.1 Å². The summed E-state index contributed by atoms with van der Waals surface area (Å²) in [7, 11) is -3.78. The summed E-state index contributed by atoms with van der Waals surface area (Å²) in [6.07, 6.45) is 6.57. The van der Waals surface area contributed by atoms with Crippen molar-refractivity contribution in [1.82, 2.24) is 4.72 Å². The second-order valence-corrected chi connectivity index (χ2v) is 5.72. The lowest BCUT2D eigenvalue weighted by atomic mass is 10.2. The van der Waals surface area contributed by atoms with Crippen LogP contribution in [0.5, 0.6) is 0 Å². The van der Waals surface area contributed by atoms with Crippen molar-refractivity contribution in [2.24, 2.45) is 0 Å². The molecule has 0 fully saturated rings. The van der Waals surface area contributed by atoms with Crippen molar-refractivity contribution in [2.75, 3.05) is 0 Å². The summed E-state index contributed by atoms with van der Waals surface area (Å²) in [4.78, 5) is -0.0705. The lowest BCUT2D eigenvalue weighted by Gasteiger charge is -2.14. The lowest BCUT2D eigenvalue weighted by molar-refractivity contribution is 0.561. The first-order chi connectivity index (χ1) is 8.40. The highest BCUT2D eigenvalue weighted by atomic mass is 32.2. The largest absolute Gasteiger partial charge is 0.242 e. The molecule has 0 aliphatic carbocycles. The Morgan fingerprint density at radius 1 is 1.50 bits per heavy atom. The maximum absolute atomic E-state index is 13.1. The van der Waals surface area contributed by atoms with Crippen LogP contribution in [0.25, 0.3) is 0 Å². The van der Waals surface area contributed by atoms with E-state index in [1.54, 1.807) is 6.92 Å². The number of aryl methyl sites for hydroxylation is 1. The maximum atomic E-state index is 13.1. The summed E-state index contributed by atoms with van der Waals surface area (Å²) in [5.41, 5.74) is 0.483. The van der Waals surface area contributed by atoms with Crippen molar-refractivity contribution in [2.45, 2.75) is 37.6 Å². The third-order valence-electron chi connectivity index (χ3n) is 2.52. The zero-order valence-electron chi connectivity index (χ0n) is 10.4. The van der Waals surface area contributed by atoms with E-state index in [1.165, 1.54) is 12.1 Å². The fraction of sp³-hybridized carbons (Fsp3) is 0.385. The van der Waals surface area contributed by atoms with E-state index in [2.05, 4.69) is 10.6 Å². The molecule has 0 bridgehead atoms. The van der Waals surface area contributed by atoms with Gasteiger partial charge in [0.1, 0.15) is 5.82 Å². The van der Waals surface area contributed by atoms with E-state index >= 15 is 0 Å². The number of hydrogen-bond acceptors (Lipinski definition) is 2. The highest BCUT2D eigenvalue weighted by Crippen LogP contribution is 2.17. The predicted molar refractivity (Wildman–Crippen MR) is 69.0 cm³/mol. The van der Waals surface area contributed by atoms with Gasteiger partial charge in [0, 0.05) is 0 Å². The van der Waals surface area contributed by atoms with Gasteiger partial charge in [-0.2, -0.15) is 4.72 Å². The van der Waals surface area contributed by atoms with Gasteiger partial charge >= 0.3 is 0 Å². The van der Waals surface area contributed by atoms with Gasteiger partial charge in [0.2, 0.25) is 10.0 Å². The van der Waals surface area contributed by atoms with Crippen LogP contribution in [0.4, 0.5) is 4.39 Å². The second-order valence-electron chi connectivity index (χ2n) is 4.04. The van der Waals surface area contributed by atoms with Gasteiger partial charge in [0.05, 0.1) is 10.9 Å². The molecule has 0 aromatic heterocycles. The maximum Gasteiger partial charge on any atom is 0.242 e. The van der Waals surface area contributed by atoms with Crippen LogP contribution in [0.2, 0.25) is 0 Å². The fourth-order valence-corrected chi connectivity index (χ4v) is 3.03. The van der Waals surface area contributed by atoms with Gasteiger partial charge in [-0.25, -0.2) is 12.8 Å². The summed E-state index contributed by atoms with van der Waals surface area (Å²) in [6, 6.07) is 3.08. The molecule has 0 spiro atoms. The van der Waals surface area contributed by atoms with Crippen LogP contribution < -0.4 is 4.72 Å². The number of hydrogen-bond donors (Lipinski definition) is 1. The molecular formula is C13H16FNO2S. The molecule has 1 aromatic rings. The van der Waals surface area contributed by atoms with Crippen LogP contribution in [0, 0.1) is 25.1 Å². The first-order valence-corrected chi connectivity index (χ1v) is 7.13. The first-order valence-electron chi connectivity index (χ1n) is 5.65. The summed E-state index contributed by atoms with van der Waals surface area (Å²) >= 11 is 0. The van der Waals surface area contributed by atoms with Crippen molar-refractivity contribution in [3.63, 3.8) is 0 Å². The topological polar surface area (TPSA) is 46.2 Å². The molecule has 0 saturated heterocycles. The van der Waals surface area contributed by atoms with Crippen LogP contribution >= 0.6 is 0 Å². The van der Waals surface area contributed by atoms with Crippen LogP contribution in [-0.2, 0) is 10.0 Å². The molecule has 5 heteroatoms. The minimum absolute atomic E-state index is 0.0705. The van der Waals surface area contributed by atoms with E-state index in [-0.39, 0.29) is 4.90 Å². The quantitative estimate of drug-likeness (QED) is 0.833. The number of rotatable bonds is 5. The molecular weight excluding hydrogens is 253 g/mol. The smallest absolute Gasteiger partial charge is 0.207 e.